The van der Waals surface area contributed by atoms with Crippen molar-refractivity contribution in [3.63, 3.8) is 0 Å². The summed E-state index contributed by atoms with van der Waals surface area (Å²) in [6.07, 6.45) is -3.39. The average Bonchev–Trinajstić information content (AvgIpc) is 2.92. The average molecular weight is 495 g/mol. The van der Waals surface area contributed by atoms with Gasteiger partial charge in [0.05, 0.1) is 25.9 Å². The van der Waals surface area contributed by atoms with Gasteiger partial charge in [0.1, 0.15) is 6.10 Å². The molecule has 1 N–H and O–H groups in total. The van der Waals surface area contributed by atoms with Gasteiger partial charge in [-0.3, -0.25) is 4.57 Å². The molecular weight excluding hydrogens is 469 g/mol. The molecule has 35 heavy (non-hydrogen) atoms. The molecule has 1 saturated heterocycles. The summed E-state index contributed by atoms with van der Waals surface area (Å²) in [6, 6.07) is 27.5. The van der Waals surface area contributed by atoms with E-state index in [4.69, 9.17) is 24.1 Å². The van der Waals surface area contributed by atoms with Crippen LogP contribution in [0.2, 0.25) is 0 Å². The molecule has 0 amide bonds. The lowest BCUT2D eigenvalue weighted by Crippen LogP contribution is -2.48. The van der Waals surface area contributed by atoms with Gasteiger partial charge in [-0.15, -0.1) is 0 Å². The number of aliphatic hydroxyl groups excluding tert-OH is 1. The Morgan fingerprint density at radius 3 is 1.89 bits per heavy atom. The van der Waals surface area contributed by atoms with Crippen LogP contribution < -0.4 is 0 Å². The largest absolute Gasteiger partial charge is 0.387 e. The van der Waals surface area contributed by atoms with Crippen LogP contribution in [0.25, 0.3) is 10.4 Å². The van der Waals surface area contributed by atoms with Crippen LogP contribution in [0.15, 0.2) is 96.1 Å². The Balaban J connectivity index is 1.64. The summed E-state index contributed by atoms with van der Waals surface area (Å²) in [5.41, 5.74) is 11.0. The van der Waals surface area contributed by atoms with E-state index in [1.54, 1.807) is 12.1 Å². The molecule has 0 spiro atoms. The van der Waals surface area contributed by atoms with Crippen molar-refractivity contribution in [3.05, 3.63) is 118 Å². The van der Waals surface area contributed by atoms with Gasteiger partial charge < -0.3 is 23.6 Å². The molecule has 9 nitrogen and oxygen atoms in total. The number of hydrogen-bond acceptors (Lipinski definition) is 7. The van der Waals surface area contributed by atoms with Crippen LogP contribution in [0.3, 0.4) is 0 Å². The summed E-state index contributed by atoms with van der Waals surface area (Å²) >= 11 is 0. The number of benzene rings is 3. The highest BCUT2D eigenvalue weighted by molar-refractivity contribution is 7.54. The van der Waals surface area contributed by atoms with Crippen molar-refractivity contribution < 1.29 is 28.2 Å². The second-order valence-electron chi connectivity index (χ2n) is 7.91. The number of hydrogen-bond donors (Lipinski definition) is 1. The molecule has 1 unspecified atom stereocenters. The van der Waals surface area contributed by atoms with Crippen LogP contribution in [0.1, 0.15) is 23.0 Å². The van der Waals surface area contributed by atoms with Crippen LogP contribution in [0, 0.1) is 0 Å². The lowest BCUT2D eigenvalue weighted by Gasteiger charge is -2.41. The first-order chi connectivity index (χ1) is 17.1. The first kappa shape index (κ1) is 25.1. The minimum atomic E-state index is -4.10. The lowest BCUT2D eigenvalue weighted by molar-refractivity contribution is -0.270. The third kappa shape index (κ3) is 6.57. The predicted molar refractivity (Wildman–Crippen MR) is 129 cm³/mol. The fourth-order valence-electron chi connectivity index (χ4n) is 3.62. The van der Waals surface area contributed by atoms with Crippen molar-refractivity contribution in [1.82, 2.24) is 0 Å². The van der Waals surface area contributed by atoms with E-state index in [1.165, 1.54) is 0 Å². The normalized spacial score (nSPS) is 22.3. The fraction of sp³-hybridized carbons (Fsp3) is 0.280. The monoisotopic (exact) mass is 495 g/mol. The predicted octanol–water partition coefficient (Wildman–Crippen LogP) is 5.72. The Labute approximate surface area is 203 Å². The van der Waals surface area contributed by atoms with Gasteiger partial charge in [0, 0.05) is 10.5 Å². The smallest absolute Gasteiger partial charge is 0.362 e. The van der Waals surface area contributed by atoms with E-state index in [9.17, 15) is 9.67 Å². The highest BCUT2D eigenvalue weighted by atomic mass is 31.2. The first-order valence-corrected chi connectivity index (χ1v) is 12.7. The number of nitrogens with zero attached hydrogens (tertiary/aromatic N) is 3. The molecule has 0 aliphatic carbocycles. The molecule has 3 aromatic rings. The van der Waals surface area contributed by atoms with Crippen LogP contribution in [-0.2, 0) is 36.3 Å². The van der Waals surface area contributed by atoms with Crippen molar-refractivity contribution in [2.75, 3.05) is 6.54 Å². The molecule has 0 bridgehead atoms. The third-order valence-electron chi connectivity index (χ3n) is 5.45. The summed E-state index contributed by atoms with van der Waals surface area (Å²) in [4.78, 5) is 2.76. The minimum Gasteiger partial charge on any atom is -0.387 e. The van der Waals surface area contributed by atoms with Gasteiger partial charge in [0.2, 0.25) is 0 Å². The lowest BCUT2D eigenvalue weighted by atomic mass is 10.1. The van der Waals surface area contributed by atoms with Gasteiger partial charge in [-0.25, -0.2) is 0 Å². The van der Waals surface area contributed by atoms with Crippen molar-refractivity contribution in [1.29, 1.82) is 0 Å². The molecule has 3 aromatic carbocycles. The van der Waals surface area contributed by atoms with Gasteiger partial charge in [-0.2, -0.15) is 0 Å². The van der Waals surface area contributed by atoms with Crippen LogP contribution in [0.4, 0.5) is 0 Å². The van der Waals surface area contributed by atoms with Gasteiger partial charge >= 0.3 is 7.60 Å². The summed E-state index contributed by atoms with van der Waals surface area (Å²) in [6.45, 7) is -0.215. The van der Waals surface area contributed by atoms with Crippen LogP contribution in [0.5, 0.6) is 0 Å². The molecule has 4 rings (SSSR count). The molecule has 0 aromatic heterocycles. The van der Waals surface area contributed by atoms with Crippen molar-refractivity contribution in [2.24, 2.45) is 5.11 Å². The third-order valence-corrected chi connectivity index (χ3v) is 7.48. The summed E-state index contributed by atoms with van der Waals surface area (Å²) in [5.74, 6) is -1.38. The zero-order valence-electron chi connectivity index (χ0n) is 18.9. The highest BCUT2D eigenvalue weighted by Gasteiger charge is 2.50. The zero-order valence-corrected chi connectivity index (χ0v) is 19.8. The Kier molecular flexibility index (Phi) is 8.69. The molecule has 1 fully saturated rings. The van der Waals surface area contributed by atoms with E-state index < -0.39 is 31.9 Å². The number of rotatable bonds is 10. The van der Waals surface area contributed by atoms with E-state index >= 15 is 0 Å². The Morgan fingerprint density at radius 1 is 0.857 bits per heavy atom. The van der Waals surface area contributed by atoms with Crippen LogP contribution >= 0.6 is 7.60 Å². The Bertz CT molecular complexity index is 1110. The van der Waals surface area contributed by atoms with Gasteiger partial charge in [-0.05, 0) is 16.7 Å². The van der Waals surface area contributed by atoms with Crippen molar-refractivity contribution in [3.8, 4) is 0 Å². The maximum Gasteiger partial charge on any atom is 0.362 e. The molecule has 1 aliphatic heterocycles. The number of ether oxygens (including phenoxy) is 2. The second-order valence-corrected chi connectivity index (χ2v) is 10.0. The first-order valence-electron chi connectivity index (χ1n) is 11.1. The molecule has 182 valence electrons. The maximum absolute atomic E-state index is 14.2. The second kappa shape index (κ2) is 12.1. The molecule has 1 heterocycles. The van der Waals surface area contributed by atoms with Gasteiger partial charge in [0.25, 0.3) is 0 Å². The van der Waals surface area contributed by atoms with Crippen molar-refractivity contribution in [2.45, 2.75) is 37.6 Å². The van der Waals surface area contributed by atoms with E-state index in [-0.39, 0.29) is 19.8 Å². The van der Waals surface area contributed by atoms with E-state index in [0.717, 1.165) is 11.1 Å². The van der Waals surface area contributed by atoms with Crippen LogP contribution in [-0.4, -0.2) is 29.7 Å². The highest BCUT2D eigenvalue weighted by Crippen LogP contribution is 2.59. The maximum atomic E-state index is 14.2. The molecule has 0 radical (unpaired) electrons. The Morgan fingerprint density at radius 2 is 1.37 bits per heavy atom. The van der Waals surface area contributed by atoms with E-state index in [2.05, 4.69) is 10.0 Å². The molecular formula is C25H26N3O6P. The molecule has 4 atom stereocenters. The minimum absolute atomic E-state index is 0.0165. The standard InChI is InChI=1S/C25H26N3O6P/c26-28-27-16-22-23(29)25(34-24(33-22)21-14-8-3-9-15-21)35(30,31-17-19-10-4-1-5-11-19)32-18-20-12-6-2-7-13-20/h1-15,22-25,29H,16-18H2/t22-,23-,24?,25+/m1/s1. The molecule has 0 saturated carbocycles. The molecule has 10 heteroatoms. The van der Waals surface area contributed by atoms with E-state index in [1.807, 2.05) is 78.9 Å². The number of azide groups is 1. The topological polar surface area (TPSA) is 123 Å². The summed E-state index contributed by atoms with van der Waals surface area (Å²) in [5, 5.41) is 14.6. The number of aliphatic hydroxyl groups is 1. The zero-order chi connectivity index (χ0) is 24.5. The van der Waals surface area contributed by atoms with Crippen molar-refractivity contribution >= 4 is 7.60 Å². The SMILES string of the molecule is [N-]=[N+]=NC[C@H]1OC(c2ccccc2)O[C@@H](P(=O)(OCc2ccccc2)OCc2ccccc2)[C@@H]1O. The summed E-state index contributed by atoms with van der Waals surface area (Å²) in [7, 11) is -4.10. The summed E-state index contributed by atoms with van der Waals surface area (Å²) < 4.78 is 37.9. The Hall–Kier alpha value is -3.00. The molecule has 1 aliphatic rings. The van der Waals surface area contributed by atoms with Gasteiger partial charge in [0.15, 0.2) is 12.1 Å². The quantitative estimate of drug-likeness (QED) is 0.166. The van der Waals surface area contributed by atoms with Gasteiger partial charge in [-0.1, -0.05) is 96.1 Å². The van der Waals surface area contributed by atoms with E-state index in [0.29, 0.717) is 5.56 Å². The fourth-order valence-corrected chi connectivity index (χ4v) is 5.47.